The van der Waals surface area contributed by atoms with Crippen molar-refractivity contribution < 1.29 is 14.6 Å². The number of phenols is 1. The van der Waals surface area contributed by atoms with E-state index in [0.29, 0.717) is 24.5 Å². The third-order valence-corrected chi connectivity index (χ3v) is 3.03. The van der Waals surface area contributed by atoms with Gasteiger partial charge in [0.1, 0.15) is 0 Å². The number of para-hydroxylation sites is 1. The van der Waals surface area contributed by atoms with E-state index in [-0.39, 0.29) is 5.75 Å². The Balaban J connectivity index is 2.06. The zero-order valence-electron chi connectivity index (χ0n) is 11.8. The molecule has 5 heteroatoms. The summed E-state index contributed by atoms with van der Waals surface area (Å²) in [5, 5.41) is 13.3. The molecule has 2 aromatic carbocycles. The van der Waals surface area contributed by atoms with Crippen molar-refractivity contribution in [1.29, 1.82) is 0 Å². The first-order valence-corrected chi connectivity index (χ1v) is 6.69. The van der Waals surface area contributed by atoms with Crippen LogP contribution in [0.3, 0.4) is 0 Å². The summed E-state index contributed by atoms with van der Waals surface area (Å²) in [7, 11) is 0. The summed E-state index contributed by atoms with van der Waals surface area (Å²) >= 11 is 0. The summed E-state index contributed by atoms with van der Waals surface area (Å²) in [5.41, 5.74) is 7.22. The van der Waals surface area contributed by atoms with Gasteiger partial charge in [-0.3, -0.25) is 4.79 Å². The number of carbonyl (C=O) groups is 1. The van der Waals surface area contributed by atoms with Gasteiger partial charge in [0.15, 0.2) is 11.5 Å². The molecule has 0 aliphatic heterocycles. The van der Waals surface area contributed by atoms with Gasteiger partial charge < -0.3 is 20.9 Å². The predicted octanol–water partition coefficient (Wildman–Crippen LogP) is 2.50. The summed E-state index contributed by atoms with van der Waals surface area (Å²) < 4.78 is 5.34. The van der Waals surface area contributed by atoms with E-state index in [1.165, 1.54) is 0 Å². The van der Waals surface area contributed by atoms with E-state index in [4.69, 9.17) is 10.5 Å². The van der Waals surface area contributed by atoms with Crippen molar-refractivity contribution in [2.45, 2.75) is 13.5 Å². The number of phenolic OH excluding ortho intramolecular Hbond substituents is 1. The van der Waals surface area contributed by atoms with E-state index in [1.54, 1.807) is 30.3 Å². The number of nitrogens with two attached hydrogens (primary N) is 1. The minimum Gasteiger partial charge on any atom is -0.504 e. The van der Waals surface area contributed by atoms with Gasteiger partial charge in [-0.2, -0.15) is 0 Å². The number of rotatable bonds is 6. The molecule has 0 spiro atoms. The second-order valence-corrected chi connectivity index (χ2v) is 4.49. The topological polar surface area (TPSA) is 84.6 Å². The van der Waals surface area contributed by atoms with Gasteiger partial charge in [0.05, 0.1) is 6.61 Å². The zero-order valence-corrected chi connectivity index (χ0v) is 11.8. The molecule has 4 N–H and O–H groups in total. The molecule has 0 saturated heterocycles. The minimum absolute atomic E-state index is 0.139. The molecule has 2 aromatic rings. The van der Waals surface area contributed by atoms with Gasteiger partial charge >= 0.3 is 0 Å². The first-order chi connectivity index (χ1) is 10.1. The van der Waals surface area contributed by atoms with Crippen molar-refractivity contribution in [3.05, 3.63) is 53.6 Å². The number of ether oxygens (including phenoxy) is 1. The van der Waals surface area contributed by atoms with E-state index >= 15 is 0 Å². The molecular formula is C16H18N2O3. The Labute approximate surface area is 123 Å². The first-order valence-electron chi connectivity index (χ1n) is 6.69. The fourth-order valence-electron chi connectivity index (χ4n) is 1.93. The van der Waals surface area contributed by atoms with Gasteiger partial charge in [-0.1, -0.05) is 12.1 Å². The van der Waals surface area contributed by atoms with Crippen LogP contribution in [0.25, 0.3) is 0 Å². The van der Waals surface area contributed by atoms with Crippen LogP contribution in [0.2, 0.25) is 0 Å². The van der Waals surface area contributed by atoms with Crippen LogP contribution in [0.5, 0.6) is 11.5 Å². The molecule has 1 amide bonds. The van der Waals surface area contributed by atoms with Crippen molar-refractivity contribution in [3.63, 3.8) is 0 Å². The summed E-state index contributed by atoms with van der Waals surface area (Å²) in [6, 6.07) is 12.2. The van der Waals surface area contributed by atoms with Crippen LogP contribution >= 0.6 is 0 Å². The van der Waals surface area contributed by atoms with Crippen molar-refractivity contribution in [2.24, 2.45) is 5.73 Å². The molecule has 0 atom stereocenters. The normalized spacial score (nSPS) is 10.1. The summed E-state index contributed by atoms with van der Waals surface area (Å²) in [6.45, 7) is 2.81. The number of carbonyl (C=O) groups excluding carboxylic acids is 1. The molecule has 0 saturated carbocycles. The van der Waals surface area contributed by atoms with Crippen LogP contribution < -0.4 is 15.8 Å². The highest BCUT2D eigenvalue weighted by Gasteiger charge is 2.07. The lowest BCUT2D eigenvalue weighted by Gasteiger charge is -2.11. The molecule has 110 valence electrons. The average Bonchev–Trinajstić information content (AvgIpc) is 2.49. The molecular weight excluding hydrogens is 268 g/mol. The Bertz CT molecular complexity index is 624. The highest BCUT2D eigenvalue weighted by Crippen LogP contribution is 2.30. The predicted molar refractivity (Wildman–Crippen MR) is 81.6 cm³/mol. The number of hydrogen-bond donors (Lipinski definition) is 3. The quantitative estimate of drug-likeness (QED) is 0.761. The number of amides is 1. The molecule has 0 aliphatic carbocycles. The highest BCUT2D eigenvalue weighted by molar-refractivity contribution is 5.93. The van der Waals surface area contributed by atoms with E-state index in [2.05, 4.69) is 5.32 Å². The Morgan fingerprint density at radius 2 is 1.95 bits per heavy atom. The standard InChI is InChI=1S/C16H18N2O3/c1-2-21-14-5-3-4-12(15(14)19)10-18-13-8-6-11(7-9-13)16(17)20/h3-9,18-19H,2,10H2,1H3,(H2,17,20). The maximum Gasteiger partial charge on any atom is 0.248 e. The van der Waals surface area contributed by atoms with Crippen molar-refractivity contribution >= 4 is 11.6 Å². The Morgan fingerprint density at radius 1 is 1.24 bits per heavy atom. The van der Waals surface area contributed by atoms with Crippen LogP contribution in [0, 0.1) is 0 Å². The van der Waals surface area contributed by atoms with Crippen molar-refractivity contribution in [3.8, 4) is 11.5 Å². The van der Waals surface area contributed by atoms with Crippen molar-refractivity contribution in [2.75, 3.05) is 11.9 Å². The van der Waals surface area contributed by atoms with E-state index in [0.717, 1.165) is 11.3 Å². The third kappa shape index (κ3) is 3.66. The summed E-state index contributed by atoms with van der Waals surface area (Å²) in [6.07, 6.45) is 0. The Hall–Kier alpha value is -2.69. The van der Waals surface area contributed by atoms with Gasteiger partial charge in [-0.15, -0.1) is 0 Å². The molecule has 5 nitrogen and oxygen atoms in total. The third-order valence-electron chi connectivity index (χ3n) is 3.03. The molecule has 21 heavy (non-hydrogen) atoms. The van der Waals surface area contributed by atoms with E-state index in [1.807, 2.05) is 19.1 Å². The monoisotopic (exact) mass is 286 g/mol. The lowest BCUT2D eigenvalue weighted by atomic mass is 10.1. The second-order valence-electron chi connectivity index (χ2n) is 4.49. The minimum atomic E-state index is -0.455. The summed E-state index contributed by atoms with van der Waals surface area (Å²) in [4.78, 5) is 11.0. The van der Waals surface area contributed by atoms with Crippen LogP contribution in [-0.4, -0.2) is 17.6 Å². The SMILES string of the molecule is CCOc1cccc(CNc2ccc(C(N)=O)cc2)c1O. The van der Waals surface area contributed by atoms with Crippen LogP contribution in [0.1, 0.15) is 22.8 Å². The van der Waals surface area contributed by atoms with Crippen LogP contribution in [-0.2, 0) is 6.54 Å². The number of aromatic hydroxyl groups is 1. The maximum absolute atomic E-state index is 11.0. The van der Waals surface area contributed by atoms with Gasteiger partial charge in [0, 0.05) is 23.4 Å². The fraction of sp³-hybridized carbons (Fsp3) is 0.188. The number of nitrogens with one attached hydrogen (secondary N) is 1. The highest BCUT2D eigenvalue weighted by atomic mass is 16.5. The second kappa shape index (κ2) is 6.65. The first kappa shape index (κ1) is 14.7. The molecule has 2 rings (SSSR count). The molecule has 0 fully saturated rings. The van der Waals surface area contributed by atoms with Gasteiger partial charge in [0.25, 0.3) is 0 Å². The largest absolute Gasteiger partial charge is 0.504 e. The Morgan fingerprint density at radius 3 is 2.57 bits per heavy atom. The van der Waals surface area contributed by atoms with Gasteiger partial charge in [0.2, 0.25) is 5.91 Å². The zero-order chi connectivity index (χ0) is 15.2. The number of anilines is 1. The molecule has 0 bridgehead atoms. The van der Waals surface area contributed by atoms with E-state index < -0.39 is 5.91 Å². The summed E-state index contributed by atoms with van der Waals surface area (Å²) in [5.74, 6) is 0.157. The number of primary amides is 1. The average molecular weight is 286 g/mol. The van der Waals surface area contributed by atoms with Gasteiger partial charge in [-0.05, 0) is 37.3 Å². The van der Waals surface area contributed by atoms with Crippen molar-refractivity contribution in [1.82, 2.24) is 0 Å². The lowest BCUT2D eigenvalue weighted by molar-refractivity contribution is 0.100. The Kier molecular flexibility index (Phi) is 4.66. The van der Waals surface area contributed by atoms with Crippen LogP contribution in [0.4, 0.5) is 5.69 Å². The molecule has 0 aliphatic rings. The van der Waals surface area contributed by atoms with E-state index in [9.17, 15) is 9.90 Å². The number of benzene rings is 2. The van der Waals surface area contributed by atoms with Crippen LogP contribution in [0.15, 0.2) is 42.5 Å². The fourth-order valence-corrected chi connectivity index (χ4v) is 1.93. The lowest BCUT2D eigenvalue weighted by Crippen LogP contribution is -2.10. The van der Waals surface area contributed by atoms with Gasteiger partial charge in [-0.25, -0.2) is 0 Å². The molecule has 0 aromatic heterocycles. The molecule has 0 unspecified atom stereocenters. The number of hydrogen-bond acceptors (Lipinski definition) is 4. The molecule has 0 radical (unpaired) electrons. The molecule has 0 heterocycles. The smallest absolute Gasteiger partial charge is 0.248 e. The maximum atomic E-state index is 11.0.